The van der Waals surface area contributed by atoms with Gasteiger partial charge in [0.25, 0.3) is 11.5 Å². The number of fused-ring (bicyclic) bond motifs is 6. The standard InChI is InChI=1S/C30H23N3O7/c1-15(29(34)32-16-4-8-22-24(12-16)39-14-38-22)40-17-5-7-21-20(13-17)18-10-11-31-26-19-6-9-23(36-2)28(37-3)25(19)30(35)33(21)27(18)26/h4-13,15H,14H2,1-3H3,(H,32,34)/t15-/m1/s1. The molecule has 200 valence electrons. The van der Waals surface area contributed by atoms with E-state index in [1.807, 2.05) is 24.3 Å². The molecular weight excluding hydrogens is 514 g/mol. The van der Waals surface area contributed by atoms with E-state index >= 15 is 0 Å². The molecule has 1 aliphatic heterocycles. The Kier molecular flexibility index (Phi) is 5.31. The summed E-state index contributed by atoms with van der Waals surface area (Å²) in [4.78, 5) is 31.4. The molecule has 4 heterocycles. The zero-order valence-corrected chi connectivity index (χ0v) is 21.8. The molecular formula is C30H23N3O7. The van der Waals surface area contributed by atoms with Crippen LogP contribution in [0.1, 0.15) is 6.92 Å². The lowest BCUT2D eigenvalue weighted by Crippen LogP contribution is -2.30. The smallest absolute Gasteiger partial charge is 0.267 e. The van der Waals surface area contributed by atoms with Gasteiger partial charge in [-0.05, 0) is 55.5 Å². The number of hydrogen-bond acceptors (Lipinski definition) is 8. The van der Waals surface area contributed by atoms with Crippen LogP contribution >= 0.6 is 0 Å². The number of pyridine rings is 2. The molecule has 1 atom stereocenters. The molecule has 0 saturated heterocycles. The van der Waals surface area contributed by atoms with E-state index in [0.29, 0.717) is 61.8 Å². The van der Waals surface area contributed by atoms with Gasteiger partial charge in [-0.2, -0.15) is 0 Å². The molecule has 6 aromatic rings. The van der Waals surface area contributed by atoms with E-state index in [1.54, 1.807) is 47.9 Å². The Hall–Kier alpha value is -5.25. The fourth-order valence-corrected chi connectivity index (χ4v) is 5.35. The van der Waals surface area contributed by atoms with Crippen molar-refractivity contribution < 1.29 is 28.5 Å². The van der Waals surface area contributed by atoms with Gasteiger partial charge in [0.05, 0.1) is 36.2 Å². The van der Waals surface area contributed by atoms with Crippen molar-refractivity contribution >= 4 is 49.7 Å². The fourth-order valence-electron chi connectivity index (χ4n) is 5.35. The highest BCUT2D eigenvalue weighted by Gasteiger charge is 2.23. The summed E-state index contributed by atoms with van der Waals surface area (Å²) >= 11 is 0. The van der Waals surface area contributed by atoms with Crippen LogP contribution in [0.5, 0.6) is 28.7 Å². The van der Waals surface area contributed by atoms with Gasteiger partial charge in [0.15, 0.2) is 29.1 Å². The third-order valence-electron chi connectivity index (χ3n) is 7.19. The van der Waals surface area contributed by atoms with Gasteiger partial charge < -0.3 is 29.0 Å². The highest BCUT2D eigenvalue weighted by molar-refractivity contribution is 6.19. The minimum atomic E-state index is -0.799. The molecule has 0 aliphatic carbocycles. The molecule has 7 rings (SSSR count). The maximum Gasteiger partial charge on any atom is 0.267 e. The molecule has 10 nitrogen and oxygen atoms in total. The number of ether oxygens (including phenoxy) is 5. The first-order valence-corrected chi connectivity index (χ1v) is 12.6. The van der Waals surface area contributed by atoms with Crippen LogP contribution in [0.15, 0.2) is 65.6 Å². The lowest BCUT2D eigenvalue weighted by molar-refractivity contribution is -0.122. The number of benzene rings is 3. The molecule has 0 bridgehead atoms. The average Bonchev–Trinajstić information content (AvgIpc) is 3.57. The third kappa shape index (κ3) is 3.46. The second kappa shape index (κ2) is 8.91. The monoisotopic (exact) mass is 537 g/mol. The zero-order chi connectivity index (χ0) is 27.5. The normalized spacial score (nSPS) is 13.3. The summed E-state index contributed by atoms with van der Waals surface area (Å²) in [7, 11) is 3.04. The Morgan fingerprint density at radius 3 is 2.65 bits per heavy atom. The summed E-state index contributed by atoms with van der Waals surface area (Å²) in [6.45, 7) is 1.83. The van der Waals surface area contributed by atoms with Crippen LogP contribution in [-0.2, 0) is 4.79 Å². The van der Waals surface area contributed by atoms with E-state index < -0.39 is 6.10 Å². The number of carbonyl (C=O) groups excluding carboxylic acids is 1. The van der Waals surface area contributed by atoms with E-state index in [1.165, 1.54) is 14.2 Å². The summed E-state index contributed by atoms with van der Waals surface area (Å²) < 4.78 is 29.4. The van der Waals surface area contributed by atoms with Crippen molar-refractivity contribution in [1.29, 1.82) is 0 Å². The van der Waals surface area contributed by atoms with Crippen LogP contribution < -0.4 is 34.6 Å². The largest absolute Gasteiger partial charge is 0.493 e. The third-order valence-corrected chi connectivity index (χ3v) is 7.19. The van der Waals surface area contributed by atoms with Crippen molar-refractivity contribution in [3.05, 3.63) is 71.1 Å². The molecule has 1 amide bonds. The first-order valence-electron chi connectivity index (χ1n) is 12.6. The molecule has 0 saturated carbocycles. The molecule has 0 spiro atoms. The van der Waals surface area contributed by atoms with Gasteiger partial charge in [-0.25, -0.2) is 0 Å². The van der Waals surface area contributed by atoms with E-state index in [9.17, 15) is 9.59 Å². The fraction of sp³-hybridized carbons (Fsp3) is 0.167. The molecule has 1 N–H and O–H groups in total. The minimum absolute atomic E-state index is 0.155. The van der Waals surface area contributed by atoms with E-state index in [0.717, 1.165) is 10.8 Å². The lowest BCUT2D eigenvalue weighted by Gasteiger charge is -2.15. The molecule has 1 aliphatic rings. The van der Waals surface area contributed by atoms with Gasteiger partial charge in [0.1, 0.15) is 5.75 Å². The SMILES string of the molecule is COc1ccc2c(c1OC)c(=O)n1c3ccc(O[C@H](C)C(=O)Nc4ccc5c(c4)OCO5)cc3c3ccnc2c31. The van der Waals surface area contributed by atoms with Gasteiger partial charge in [-0.3, -0.25) is 19.0 Å². The first-order chi connectivity index (χ1) is 19.5. The lowest BCUT2D eigenvalue weighted by atomic mass is 10.1. The van der Waals surface area contributed by atoms with E-state index in [2.05, 4.69) is 10.3 Å². The van der Waals surface area contributed by atoms with Gasteiger partial charge in [-0.1, -0.05) is 0 Å². The van der Waals surface area contributed by atoms with E-state index in [4.69, 9.17) is 23.7 Å². The Morgan fingerprint density at radius 1 is 0.975 bits per heavy atom. The van der Waals surface area contributed by atoms with Gasteiger partial charge in [-0.15, -0.1) is 0 Å². The molecule has 0 fully saturated rings. The zero-order valence-electron chi connectivity index (χ0n) is 21.8. The number of carbonyl (C=O) groups is 1. The number of nitrogens with zero attached hydrogens (tertiary/aromatic N) is 2. The summed E-state index contributed by atoms with van der Waals surface area (Å²) in [6, 6.07) is 16.1. The van der Waals surface area contributed by atoms with Crippen molar-refractivity contribution in [2.24, 2.45) is 0 Å². The van der Waals surface area contributed by atoms with Crippen LogP contribution in [0.4, 0.5) is 5.69 Å². The number of amides is 1. The predicted molar refractivity (Wildman–Crippen MR) is 150 cm³/mol. The van der Waals surface area contributed by atoms with Crippen LogP contribution in [-0.4, -0.2) is 42.4 Å². The van der Waals surface area contributed by atoms with Crippen LogP contribution in [0.25, 0.3) is 38.1 Å². The number of nitrogens with one attached hydrogen (secondary N) is 1. The highest BCUT2D eigenvalue weighted by atomic mass is 16.7. The Labute approximate surface area is 226 Å². The summed E-state index contributed by atoms with van der Waals surface area (Å²) in [5.41, 5.74) is 2.40. The molecule has 0 radical (unpaired) electrons. The van der Waals surface area contributed by atoms with Crippen molar-refractivity contribution in [2.45, 2.75) is 13.0 Å². The number of methoxy groups -OCH3 is 2. The highest BCUT2D eigenvalue weighted by Crippen LogP contribution is 2.40. The van der Waals surface area contributed by atoms with Crippen molar-refractivity contribution in [3.63, 3.8) is 0 Å². The molecule has 10 heteroatoms. The summed E-state index contributed by atoms with van der Waals surface area (Å²) in [5, 5.41) is 5.55. The molecule has 3 aromatic carbocycles. The number of hydrogen-bond donors (Lipinski definition) is 1. The van der Waals surface area contributed by atoms with E-state index in [-0.39, 0.29) is 18.3 Å². The van der Waals surface area contributed by atoms with Gasteiger partial charge >= 0.3 is 0 Å². The topological polar surface area (TPSA) is 110 Å². The molecule has 3 aromatic heterocycles. The average molecular weight is 538 g/mol. The molecule has 40 heavy (non-hydrogen) atoms. The Morgan fingerprint density at radius 2 is 1.82 bits per heavy atom. The number of rotatable bonds is 6. The van der Waals surface area contributed by atoms with Crippen LogP contribution in [0, 0.1) is 0 Å². The van der Waals surface area contributed by atoms with Crippen molar-refractivity contribution in [3.8, 4) is 28.7 Å². The second-order valence-electron chi connectivity index (χ2n) is 9.42. The Balaban J connectivity index is 1.29. The van der Waals surface area contributed by atoms with Crippen molar-refractivity contribution in [1.82, 2.24) is 9.38 Å². The summed E-state index contributed by atoms with van der Waals surface area (Å²) in [5.74, 6) is 2.20. The van der Waals surface area contributed by atoms with Crippen LogP contribution in [0.3, 0.4) is 0 Å². The van der Waals surface area contributed by atoms with Gasteiger partial charge in [0, 0.05) is 34.1 Å². The second-order valence-corrected chi connectivity index (χ2v) is 9.42. The number of anilines is 1. The van der Waals surface area contributed by atoms with Gasteiger partial charge in [0.2, 0.25) is 6.79 Å². The Bertz CT molecular complexity index is 2030. The van der Waals surface area contributed by atoms with Crippen molar-refractivity contribution in [2.75, 3.05) is 26.3 Å². The van der Waals surface area contributed by atoms with Crippen LogP contribution in [0.2, 0.25) is 0 Å². The quantitative estimate of drug-likeness (QED) is 0.304. The summed E-state index contributed by atoms with van der Waals surface area (Å²) in [6.07, 6.45) is 0.916. The molecule has 0 unspecified atom stereocenters. The number of aromatic nitrogens is 2. The minimum Gasteiger partial charge on any atom is -0.493 e. The maximum atomic E-state index is 13.9. The maximum absolute atomic E-state index is 13.9. The first kappa shape index (κ1) is 23.8. The predicted octanol–water partition coefficient (Wildman–Crippen LogP) is 4.74.